The third-order valence-electron chi connectivity index (χ3n) is 3.13. The molecule has 0 radical (unpaired) electrons. The van der Waals surface area contributed by atoms with Crippen LogP contribution in [0.3, 0.4) is 0 Å². The summed E-state index contributed by atoms with van der Waals surface area (Å²) in [4.78, 5) is -0.00417. The first-order chi connectivity index (χ1) is 9.34. The number of nitrogens with two attached hydrogens (primary N) is 1. The number of hydrogen-bond donors (Lipinski definition) is 1. The molecule has 0 aliphatic carbocycles. The average Bonchev–Trinajstić information content (AvgIpc) is 2.37. The maximum atomic E-state index is 12.6. The van der Waals surface area contributed by atoms with Gasteiger partial charge >= 0.3 is 0 Å². The van der Waals surface area contributed by atoms with Crippen LogP contribution in [0.4, 0.5) is 5.69 Å². The molecule has 1 fully saturated rings. The molecule has 0 amide bonds. The molecule has 2 unspecified atom stereocenters. The SMILES string of the molecule is CC1CN(S(=O)(=O)c2ccc(N)cc2C#N)CC(C)O1. The summed E-state index contributed by atoms with van der Waals surface area (Å²) in [7, 11) is -3.71. The van der Waals surface area contributed by atoms with E-state index in [1.807, 2.05) is 19.9 Å². The lowest BCUT2D eigenvalue weighted by molar-refractivity contribution is -0.0440. The smallest absolute Gasteiger partial charge is 0.244 e. The van der Waals surface area contributed by atoms with Crippen LogP contribution >= 0.6 is 0 Å². The molecule has 1 aromatic carbocycles. The van der Waals surface area contributed by atoms with Gasteiger partial charge in [-0.05, 0) is 32.0 Å². The molecule has 1 saturated heterocycles. The quantitative estimate of drug-likeness (QED) is 0.819. The van der Waals surface area contributed by atoms with Crippen molar-refractivity contribution in [2.75, 3.05) is 18.8 Å². The van der Waals surface area contributed by atoms with E-state index >= 15 is 0 Å². The van der Waals surface area contributed by atoms with Gasteiger partial charge in [0.25, 0.3) is 0 Å². The van der Waals surface area contributed by atoms with Crippen LogP contribution in [-0.2, 0) is 14.8 Å². The first-order valence-corrected chi connectivity index (χ1v) is 7.74. The van der Waals surface area contributed by atoms with Gasteiger partial charge in [0.1, 0.15) is 11.0 Å². The van der Waals surface area contributed by atoms with Crippen molar-refractivity contribution < 1.29 is 13.2 Å². The summed E-state index contributed by atoms with van der Waals surface area (Å²) in [6, 6.07) is 6.13. The van der Waals surface area contributed by atoms with Crippen LogP contribution in [-0.4, -0.2) is 38.0 Å². The second kappa shape index (κ2) is 5.40. The number of ether oxygens (including phenoxy) is 1. The second-order valence-corrected chi connectivity index (χ2v) is 6.85. The Morgan fingerprint density at radius 3 is 2.50 bits per heavy atom. The van der Waals surface area contributed by atoms with Gasteiger partial charge in [-0.2, -0.15) is 9.57 Å². The Balaban J connectivity index is 2.43. The summed E-state index contributed by atoms with van der Waals surface area (Å²) in [6.45, 7) is 4.21. The minimum Gasteiger partial charge on any atom is -0.399 e. The highest BCUT2D eigenvalue weighted by atomic mass is 32.2. The fraction of sp³-hybridized carbons (Fsp3) is 0.462. The average molecular weight is 295 g/mol. The van der Waals surface area contributed by atoms with Gasteiger partial charge in [0.05, 0.1) is 17.8 Å². The van der Waals surface area contributed by atoms with Gasteiger partial charge in [-0.1, -0.05) is 0 Å². The number of hydrogen-bond acceptors (Lipinski definition) is 5. The molecule has 1 aliphatic rings. The molecule has 2 atom stereocenters. The van der Waals surface area contributed by atoms with Gasteiger partial charge in [-0.15, -0.1) is 0 Å². The zero-order chi connectivity index (χ0) is 14.9. The highest BCUT2D eigenvalue weighted by molar-refractivity contribution is 7.89. The molecule has 2 N–H and O–H groups in total. The topological polar surface area (TPSA) is 96.4 Å². The van der Waals surface area contributed by atoms with Crippen molar-refractivity contribution >= 4 is 15.7 Å². The van der Waals surface area contributed by atoms with Crippen LogP contribution < -0.4 is 5.73 Å². The van der Waals surface area contributed by atoms with Crippen LogP contribution in [0.2, 0.25) is 0 Å². The van der Waals surface area contributed by atoms with Gasteiger partial charge < -0.3 is 10.5 Å². The van der Waals surface area contributed by atoms with Gasteiger partial charge in [-0.25, -0.2) is 8.42 Å². The van der Waals surface area contributed by atoms with E-state index in [-0.39, 0.29) is 35.8 Å². The number of nitriles is 1. The summed E-state index contributed by atoms with van der Waals surface area (Å²) < 4.78 is 32.2. The molecule has 1 aromatic rings. The maximum Gasteiger partial charge on any atom is 0.244 e. The minimum atomic E-state index is -3.71. The minimum absolute atomic E-state index is 0.00417. The number of nitrogen functional groups attached to an aromatic ring is 1. The summed E-state index contributed by atoms with van der Waals surface area (Å²) in [5, 5.41) is 9.10. The fourth-order valence-corrected chi connectivity index (χ4v) is 4.04. The highest BCUT2D eigenvalue weighted by Gasteiger charge is 2.33. The standard InChI is InChI=1S/C13H17N3O3S/c1-9-7-16(8-10(2)19-9)20(17,18)13-4-3-12(15)5-11(13)6-14/h3-5,9-10H,7-8,15H2,1-2H3. The first kappa shape index (κ1) is 14.8. The van der Waals surface area contributed by atoms with Crippen molar-refractivity contribution in [1.29, 1.82) is 5.26 Å². The summed E-state index contributed by atoms with van der Waals surface area (Å²) in [5.74, 6) is 0. The van der Waals surface area contributed by atoms with E-state index in [9.17, 15) is 8.42 Å². The van der Waals surface area contributed by atoms with E-state index in [0.29, 0.717) is 5.69 Å². The molecule has 0 bridgehead atoms. The summed E-state index contributed by atoms with van der Waals surface area (Å²) in [6.07, 6.45) is -0.347. The Kier molecular flexibility index (Phi) is 3.99. The molecule has 0 spiro atoms. The van der Waals surface area contributed by atoms with E-state index in [1.165, 1.54) is 22.5 Å². The summed E-state index contributed by atoms with van der Waals surface area (Å²) >= 11 is 0. The molecule has 2 rings (SSSR count). The van der Waals surface area contributed by atoms with Crippen molar-refractivity contribution in [3.63, 3.8) is 0 Å². The highest BCUT2D eigenvalue weighted by Crippen LogP contribution is 2.25. The number of nitrogens with zero attached hydrogens (tertiary/aromatic N) is 2. The van der Waals surface area contributed by atoms with E-state index in [4.69, 9.17) is 15.7 Å². The van der Waals surface area contributed by atoms with Gasteiger partial charge in [0, 0.05) is 18.8 Å². The lowest BCUT2D eigenvalue weighted by atomic mass is 10.2. The lowest BCUT2D eigenvalue weighted by Gasteiger charge is -2.34. The third kappa shape index (κ3) is 2.77. The maximum absolute atomic E-state index is 12.6. The Morgan fingerprint density at radius 1 is 1.35 bits per heavy atom. The predicted molar refractivity (Wildman–Crippen MR) is 74.3 cm³/mol. The number of rotatable bonds is 2. The van der Waals surface area contributed by atoms with Gasteiger partial charge in [0.15, 0.2) is 0 Å². The Bertz CT molecular complexity index is 641. The molecule has 1 heterocycles. The van der Waals surface area contributed by atoms with Crippen LogP contribution in [0, 0.1) is 11.3 Å². The van der Waals surface area contributed by atoms with Crippen LogP contribution in [0.15, 0.2) is 23.1 Å². The van der Waals surface area contributed by atoms with Gasteiger partial charge in [0.2, 0.25) is 10.0 Å². The molecular weight excluding hydrogens is 278 g/mol. The number of sulfonamides is 1. The van der Waals surface area contributed by atoms with E-state index < -0.39 is 10.0 Å². The van der Waals surface area contributed by atoms with E-state index in [1.54, 1.807) is 0 Å². The number of benzene rings is 1. The molecule has 108 valence electrons. The van der Waals surface area contributed by atoms with Gasteiger partial charge in [-0.3, -0.25) is 0 Å². The summed E-state index contributed by atoms with van der Waals surface area (Å²) in [5.41, 5.74) is 6.02. The van der Waals surface area contributed by atoms with Crippen molar-refractivity contribution in [3.05, 3.63) is 23.8 Å². The number of anilines is 1. The normalized spacial score (nSPS) is 24.2. The van der Waals surface area contributed by atoms with Crippen molar-refractivity contribution in [1.82, 2.24) is 4.31 Å². The molecule has 20 heavy (non-hydrogen) atoms. The Labute approximate surface area is 118 Å². The van der Waals surface area contributed by atoms with Crippen LogP contribution in [0.25, 0.3) is 0 Å². The van der Waals surface area contributed by atoms with Crippen LogP contribution in [0.1, 0.15) is 19.4 Å². The Hall–Kier alpha value is -1.62. The molecule has 0 aromatic heterocycles. The second-order valence-electron chi connectivity index (χ2n) is 4.95. The Morgan fingerprint density at radius 2 is 1.95 bits per heavy atom. The van der Waals surface area contributed by atoms with E-state index in [2.05, 4.69) is 0 Å². The zero-order valence-corrected chi connectivity index (χ0v) is 12.2. The lowest BCUT2D eigenvalue weighted by Crippen LogP contribution is -2.48. The molecule has 0 saturated carbocycles. The van der Waals surface area contributed by atoms with Crippen molar-refractivity contribution in [2.24, 2.45) is 0 Å². The van der Waals surface area contributed by atoms with Crippen LogP contribution in [0.5, 0.6) is 0 Å². The fourth-order valence-electron chi connectivity index (χ4n) is 2.33. The van der Waals surface area contributed by atoms with Crippen molar-refractivity contribution in [2.45, 2.75) is 31.0 Å². The molecule has 6 nitrogen and oxygen atoms in total. The molecule has 1 aliphatic heterocycles. The van der Waals surface area contributed by atoms with Crippen molar-refractivity contribution in [3.8, 4) is 6.07 Å². The predicted octanol–water partition coefficient (Wildman–Crippen LogP) is 0.938. The largest absolute Gasteiger partial charge is 0.399 e. The van der Waals surface area contributed by atoms with E-state index in [0.717, 1.165) is 0 Å². The molecular formula is C13H17N3O3S. The first-order valence-electron chi connectivity index (χ1n) is 6.30. The monoisotopic (exact) mass is 295 g/mol. The molecule has 7 heteroatoms. The number of morpholine rings is 1. The third-order valence-corrected chi connectivity index (χ3v) is 5.02. The zero-order valence-electron chi connectivity index (χ0n) is 11.4.